The van der Waals surface area contributed by atoms with E-state index in [0.29, 0.717) is 28.7 Å². The van der Waals surface area contributed by atoms with E-state index in [1.807, 2.05) is 19.3 Å². The van der Waals surface area contributed by atoms with Crippen LogP contribution in [0.15, 0.2) is 30.7 Å². The average molecular weight is 276 g/mol. The first kappa shape index (κ1) is 11.9. The molecule has 0 aromatic carbocycles. The Morgan fingerprint density at radius 2 is 2.21 bits per heavy atom. The first-order valence-electron chi connectivity index (χ1n) is 5.61. The van der Waals surface area contributed by atoms with E-state index in [4.69, 9.17) is 16.3 Å². The van der Waals surface area contributed by atoms with Crippen molar-refractivity contribution in [1.82, 2.24) is 24.7 Å². The summed E-state index contributed by atoms with van der Waals surface area (Å²) in [5, 5.41) is 4.55. The second-order valence-corrected chi connectivity index (χ2v) is 4.31. The van der Waals surface area contributed by atoms with Crippen molar-refractivity contribution in [1.29, 1.82) is 0 Å². The van der Waals surface area contributed by atoms with E-state index in [1.165, 1.54) is 6.20 Å². The maximum Gasteiger partial charge on any atom is 0.233 e. The molecular weight excluding hydrogens is 266 g/mol. The fourth-order valence-electron chi connectivity index (χ4n) is 1.65. The predicted molar refractivity (Wildman–Crippen MR) is 69.9 cm³/mol. The average Bonchev–Trinajstić information content (AvgIpc) is 2.82. The Balaban J connectivity index is 1.82. The van der Waals surface area contributed by atoms with Gasteiger partial charge in [-0.2, -0.15) is 5.10 Å². The van der Waals surface area contributed by atoms with Gasteiger partial charge in [0.25, 0.3) is 0 Å². The third-order valence-corrected chi connectivity index (χ3v) is 2.81. The Morgan fingerprint density at radius 1 is 1.32 bits per heavy atom. The molecule has 0 saturated heterocycles. The molecule has 19 heavy (non-hydrogen) atoms. The summed E-state index contributed by atoms with van der Waals surface area (Å²) in [6.45, 7) is 0.347. The minimum atomic E-state index is 0.335. The van der Waals surface area contributed by atoms with Crippen LogP contribution in [-0.2, 0) is 13.7 Å². The maximum atomic E-state index is 5.92. The Hall–Kier alpha value is -2.21. The smallest absolute Gasteiger partial charge is 0.233 e. The molecule has 0 saturated carbocycles. The minimum absolute atomic E-state index is 0.335. The Morgan fingerprint density at radius 3 is 3.00 bits per heavy atom. The second-order valence-electron chi connectivity index (χ2n) is 3.95. The molecule has 0 aliphatic carbocycles. The number of aromatic nitrogens is 5. The second kappa shape index (κ2) is 4.81. The van der Waals surface area contributed by atoms with Crippen LogP contribution in [0.1, 0.15) is 5.69 Å². The van der Waals surface area contributed by atoms with Crippen molar-refractivity contribution in [2.24, 2.45) is 7.05 Å². The standard InChI is InChI=1S/C12H10ClN5O/c1-18-5-3-8(17-18)7-19-10-6-15-11-9(16-10)2-4-14-12(11)13/h2-6H,7H2,1H3. The number of hydrogen-bond donors (Lipinski definition) is 0. The van der Waals surface area contributed by atoms with E-state index in [-0.39, 0.29) is 0 Å². The number of rotatable bonds is 3. The lowest BCUT2D eigenvalue weighted by molar-refractivity contribution is 0.288. The quantitative estimate of drug-likeness (QED) is 0.684. The number of fused-ring (bicyclic) bond motifs is 1. The largest absolute Gasteiger partial charge is 0.470 e. The molecule has 0 aliphatic heterocycles. The Labute approximate surface area is 114 Å². The van der Waals surface area contributed by atoms with Gasteiger partial charge in [-0.25, -0.2) is 15.0 Å². The normalized spacial score (nSPS) is 10.8. The predicted octanol–water partition coefficient (Wildman–Crippen LogP) is 1.99. The first-order chi connectivity index (χ1) is 9.22. The lowest BCUT2D eigenvalue weighted by Crippen LogP contribution is -2.00. The SMILES string of the molecule is Cn1ccc(COc2cnc3c(Cl)nccc3n2)n1. The molecule has 96 valence electrons. The molecule has 0 atom stereocenters. The van der Waals surface area contributed by atoms with Gasteiger partial charge in [0.15, 0.2) is 5.15 Å². The molecular formula is C12H10ClN5O. The van der Waals surface area contributed by atoms with E-state index < -0.39 is 0 Å². The minimum Gasteiger partial charge on any atom is -0.470 e. The summed E-state index contributed by atoms with van der Waals surface area (Å²) in [5.41, 5.74) is 2.05. The van der Waals surface area contributed by atoms with Crippen molar-refractivity contribution in [3.63, 3.8) is 0 Å². The molecule has 6 nitrogen and oxygen atoms in total. The van der Waals surface area contributed by atoms with E-state index in [1.54, 1.807) is 16.9 Å². The third kappa shape index (κ3) is 2.48. The molecule has 0 unspecified atom stereocenters. The van der Waals surface area contributed by atoms with Crippen molar-refractivity contribution in [2.45, 2.75) is 6.61 Å². The number of halogens is 1. The fourth-order valence-corrected chi connectivity index (χ4v) is 1.86. The number of ether oxygens (including phenoxy) is 1. The molecule has 0 radical (unpaired) electrons. The van der Waals surface area contributed by atoms with Crippen LogP contribution >= 0.6 is 11.6 Å². The van der Waals surface area contributed by atoms with Gasteiger partial charge in [-0.15, -0.1) is 0 Å². The first-order valence-corrected chi connectivity index (χ1v) is 5.99. The van der Waals surface area contributed by atoms with Gasteiger partial charge in [0, 0.05) is 19.4 Å². The Bertz CT molecular complexity index is 727. The Kier molecular flexibility index (Phi) is 3.00. The van der Waals surface area contributed by atoms with E-state index in [9.17, 15) is 0 Å². The van der Waals surface area contributed by atoms with Gasteiger partial charge in [0.1, 0.15) is 12.1 Å². The summed E-state index contributed by atoms with van der Waals surface area (Å²) >= 11 is 5.92. The summed E-state index contributed by atoms with van der Waals surface area (Å²) in [6, 6.07) is 3.62. The van der Waals surface area contributed by atoms with Crippen LogP contribution in [0.3, 0.4) is 0 Å². The zero-order valence-corrected chi connectivity index (χ0v) is 10.9. The number of hydrogen-bond acceptors (Lipinski definition) is 5. The van der Waals surface area contributed by atoms with Crippen molar-refractivity contribution in [2.75, 3.05) is 0 Å². The molecule has 0 aliphatic rings. The van der Waals surface area contributed by atoms with Crippen molar-refractivity contribution >= 4 is 22.6 Å². The van der Waals surface area contributed by atoms with Crippen molar-refractivity contribution in [3.05, 3.63) is 41.6 Å². The van der Waals surface area contributed by atoms with Gasteiger partial charge >= 0.3 is 0 Å². The summed E-state index contributed by atoms with van der Waals surface area (Å²) in [5.74, 6) is 0.431. The van der Waals surface area contributed by atoms with E-state index in [0.717, 1.165) is 5.69 Å². The molecule has 0 amide bonds. The topological polar surface area (TPSA) is 65.7 Å². The van der Waals surface area contributed by atoms with Crippen LogP contribution in [0.4, 0.5) is 0 Å². The van der Waals surface area contributed by atoms with E-state index in [2.05, 4.69) is 20.1 Å². The monoisotopic (exact) mass is 275 g/mol. The van der Waals surface area contributed by atoms with Gasteiger partial charge in [-0.3, -0.25) is 4.68 Å². The van der Waals surface area contributed by atoms with Crippen LogP contribution in [0.25, 0.3) is 11.0 Å². The highest BCUT2D eigenvalue weighted by Gasteiger charge is 2.05. The zero-order valence-electron chi connectivity index (χ0n) is 10.1. The highest BCUT2D eigenvalue weighted by Crippen LogP contribution is 2.19. The van der Waals surface area contributed by atoms with Gasteiger partial charge in [-0.05, 0) is 12.1 Å². The molecule has 0 fully saturated rings. The van der Waals surface area contributed by atoms with Gasteiger partial charge in [0.2, 0.25) is 5.88 Å². The molecule has 0 N–H and O–H groups in total. The molecule has 3 aromatic heterocycles. The van der Waals surface area contributed by atoms with Gasteiger partial charge < -0.3 is 4.74 Å². The molecule has 3 heterocycles. The molecule has 3 aromatic rings. The van der Waals surface area contributed by atoms with Crippen LogP contribution in [0, 0.1) is 0 Å². The summed E-state index contributed by atoms with van der Waals surface area (Å²) in [7, 11) is 1.86. The van der Waals surface area contributed by atoms with Crippen LogP contribution < -0.4 is 4.74 Å². The molecule has 0 spiro atoms. The lowest BCUT2D eigenvalue weighted by Gasteiger charge is -2.04. The number of pyridine rings is 1. The van der Waals surface area contributed by atoms with Gasteiger partial charge in [0.05, 0.1) is 17.4 Å². The highest BCUT2D eigenvalue weighted by molar-refractivity contribution is 6.33. The lowest BCUT2D eigenvalue weighted by atomic mass is 10.4. The molecule has 0 bridgehead atoms. The van der Waals surface area contributed by atoms with Crippen LogP contribution in [0.2, 0.25) is 5.15 Å². The fraction of sp³-hybridized carbons (Fsp3) is 0.167. The highest BCUT2D eigenvalue weighted by atomic mass is 35.5. The number of nitrogens with zero attached hydrogens (tertiary/aromatic N) is 5. The maximum absolute atomic E-state index is 5.92. The summed E-state index contributed by atoms with van der Waals surface area (Å²) in [6.07, 6.45) is 4.97. The van der Waals surface area contributed by atoms with E-state index >= 15 is 0 Å². The van der Waals surface area contributed by atoms with Crippen LogP contribution in [0.5, 0.6) is 5.88 Å². The third-order valence-electron chi connectivity index (χ3n) is 2.53. The zero-order chi connectivity index (χ0) is 13.2. The van der Waals surface area contributed by atoms with Gasteiger partial charge in [-0.1, -0.05) is 11.6 Å². The summed E-state index contributed by atoms with van der Waals surface area (Å²) < 4.78 is 7.26. The molecule has 7 heteroatoms. The van der Waals surface area contributed by atoms with Crippen molar-refractivity contribution < 1.29 is 4.74 Å². The van der Waals surface area contributed by atoms with Crippen LogP contribution in [-0.4, -0.2) is 24.7 Å². The summed E-state index contributed by atoms with van der Waals surface area (Å²) in [4.78, 5) is 12.4. The van der Waals surface area contributed by atoms with Crippen molar-refractivity contribution in [3.8, 4) is 5.88 Å². The number of aryl methyl sites for hydroxylation is 1. The molecule has 3 rings (SSSR count).